The van der Waals surface area contributed by atoms with E-state index in [4.69, 9.17) is 17.3 Å². The summed E-state index contributed by atoms with van der Waals surface area (Å²) in [7, 11) is 0. The van der Waals surface area contributed by atoms with Gasteiger partial charge in [-0.05, 0) is 23.8 Å². The standard InChI is InChI=1S/C13H10BrClN2O2/c14-9-6-12(16)11(13(7-9)17(18)19)5-8-1-3-10(15)4-2-8/h1-4,6-7H,5,16H2. The van der Waals surface area contributed by atoms with Crippen LogP contribution in [0, 0.1) is 10.1 Å². The van der Waals surface area contributed by atoms with Gasteiger partial charge in [-0.3, -0.25) is 10.1 Å². The highest BCUT2D eigenvalue weighted by Gasteiger charge is 2.18. The zero-order valence-corrected chi connectivity index (χ0v) is 12.1. The minimum absolute atomic E-state index is 0.0156. The Kier molecular flexibility index (Phi) is 4.07. The summed E-state index contributed by atoms with van der Waals surface area (Å²) in [6.07, 6.45) is 0.395. The van der Waals surface area contributed by atoms with Crippen molar-refractivity contribution in [1.82, 2.24) is 0 Å². The van der Waals surface area contributed by atoms with Crippen molar-refractivity contribution >= 4 is 38.9 Å². The lowest BCUT2D eigenvalue weighted by atomic mass is 10.0. The number of rotatable bonds is 3. The van der Waals surface area contributed by atoms with Crippen molar-refractivity contribution in [1.29, 1.82) is 0 Å². The van der Waals surface area contributed by atoms with Crippen LogP contribution in [0.4, 0.5) is 11.4 Å². The molecule has 0 spiro atoms. The van der Waals surface area contributed by atoms with E-state index < -0.39 is 4.92 Å². The molecule has 0 aliphatic carbocycles. The van der Waals surface area contributed by atoms with Gasteiger partial charge in [0.2, 0.25) is 0 Å². The summed E-state index contributed by atoms with van der Waals surface area (Å²) in [6.45, 7) is 0. The van der Waals surface area contributed by atoms with Crippen molar-refractivity contribution in [2.75, 3.05) is 5.73 Å². The number of hydrogen-bond donors (Lipinski definition) is 1. The maximum Gasteiger partial charge on any atom is 0.276 e. The molecule has 0 saturated carbocycles. The highest BCUT2D eigenvalue weighted by atomic mass is 79.9. The van der Waals surface area contributed by atoms with Crippen molar-refractivity contribution in [3.8, 4) is 0 Å². The Bertz CT molecular complexity index is 629. The van der Waals surface area contributed by atoms with Crippen LogP contribution in [0.25, 0.3) is 0 Å². The lowest BCUT2D eigenvalue weighted by Gasteiger charge is -2.08. The predicted octanol–water partition coefficient (Wildman–Crippen LogP) is 4.18. The first-order valence-corrected chi connectivity index (χ1v) is 6.61. The first-order valence-electron chi connectivity index (χ1n) is 5.44. The molecule has 2 aromatic carbocycles. The van der Waals surface area contributed by atoms with Gasteiger partial charge in [-0.2, -0.15) is 0 Å². The molecule has 0 saturated heterocycles. The Labute approximate surface area is 123 Å². The van der Waals surface area contributed by atoms with Crippen molar-refractivity contribution in [2.24, 2.45) is 0 Å². The van der Waals surface area contributed by atoms with Crippen LogP contribution in [0.1, 0.15) is 11.1 Å². The molecule has 2 aromatic rings. The Morgan fingerprint density at radius 2 is 1.89 bits per heavy atom. The van der Waals surface area contributed by atoms with Crippen molar-refractivity contribution in [3.05, 3.63) is 67.1 Å². The molecule has 0 bridgehead atoms. The fourth-order valence-corrected chi connectivity index (χ4v) is 2.39. The molecule has 98 valence electrons. The van der Waals surface area contributed by atoms with Crippen LogP contribution in [-0.2, 0) is 6.42 Å². The number of nitro benzene ring substituents is 1. The molecular weight excluding hydrogens is 332 g/mol. The van der Waals surface area contributed by atoms with E-state index >= 15 is 0 Å². The van der Waals surface area contributed by atoms with Gasteiger partial charge in [-0.1, -0.05) is 39.7 Å². The average Bonchev–Trinajstić information content (AvgIpc) is 2.34. The van der Waals surface area contributed by atoms with Gasteiger partial charge >= 0.3 is 0 Å². The van der Waals surface area contributed by atoms with Gasteiger partial charge in [0.15, 0.2) is 0 Å². The molecule has 4 nitrogen and oxygen atoms in total. The molecule has 0 aliphatic heterocycles. The number of nitrogen functional groups attached to an aromatic ring is 1. The van der Waals surface area contributed by atoms with Gasteiger partial charge in [-0.25, -0.2) is 0 Å². The minimum Gasteiger partial charge on any atom is -0.398 e. The van der Waals surface area contributed by atoms with Crippen LogP contribution in [0.2, 0.25) is 5.02 Å². The Morgan fingerprint density at radius 3 is 2.47 bits per heavy atom. The average molecular weight is 342 g/mol. The van der Waals surface area contributed by atoms with Gasteiger partial charge in [0.25, 0.3) is 5.69 Å². The second kappa shape index (κ2) is 5.59. The molecule has 0 atom stereocenters. The summed E-state index contributed by atoms with van der Waals surface area (Å²) in [4.78, 5) is 10.7. The number of halogens is 2. The largest absolute Gasteiger partial charge is 0.398 e. The topological polar surface area (TPSA) is 69.2 Å². The van der Waals surface area contributed by atoms with E-state index in [0.29, 0.717) is 27.2 Å². The lowest BCUT2D eigenvalue weighted by Crippen LogP contribution is -2.02. The maximum absolute atomic E-state index is 11.1. The summed E-state index contributed by atoms with van der Waals surface area (Å²) in [5, 5.41) is 11.7. The van der Waals surface area contributed by atoms with Gasteiger partial charge in [0.1, 0.15) is 0 Å². The second-order valence-corrected chi connectivity index (χ2v) is 5.41. The van der Waals surface area contributed by atoms with E-state index in [2.05, 4.69) is 15.9 Å². The quantitative estimate of drug-likeness (QED) is 0.517. The third-order valence-electron chi connectivity index (χ3n) is 2.72. The fourth-order valence-electron chi connectivity index (χ4n) is 1.80. The fraction of sp³-hybridized carbons (Fsp3) is 0.0769. The van der Waals surface area contributed by atoms with E-state index in [-0.39, 0.29) is 5.69 Å². The molecule has 2 N–H and O–H groups in total. The molecule has 0 amide bonds. The molecule has 19 heavy (non-hydrogen) atoms. The summed E-state index contributed by atoms with van der Waals surface area (Å²) >= 11 is 9.02. The summed E-state index contributed by atoms with van der Waals surface area (Å²) in [6, 6.07) is 10.3. The van der Waals surface area contributed by atoms with Gasteiger partial charge < -0.3 is 5.73 Å². The van der Waals surface area contributed by atoms with Crippen molar-refractivity contribution in [2.45, 2.75) is 6.42 Å². The first kappa shape index (κ1) is 13.8. The van der Waals surface area contributed by atoms with Crippen molar-refractivity contribution in [3.63, 3.8) is 0 Å². The Morgan fingerprint density at radius 1 is 1.26 bits per heavy atom. The number of nitrogens with zero attached hydrogens (tertiary/aromatic N) is 1. The van der Waals surface area contributed by atoms with E-state index in [1.54, 1.807) is 18.2 Å². The van der Waals surface area contributed by atoms with Crippen LogP contribution in [0.3, 0.4) is 0 Å². The molecule has 0 fully saturated rings. The molecule has 0 radical (unpaired) electrons. The zero-order valence-electron chi connectivity index (χ0n) is 9.77. The van der Waals surface area contributed by atoms with E-state index in [0.717, 1.165) is 5.56 Å². The highest BCUT2D eigenvalue weighted by Crippen LogP contribution is 2.31. The second-order valence-electron chi connectivity index (χ2n) is 4.05. The lowest BCUT2D eigenvalue weighted by molar-refractivity contribution is -0.385. The molecular formula is C13H10BrClN2O2. The van der Waals surface area contributed by atoms with Crippen LogP contribution in [0.5, 0.6) is 0 Å². The minimum atomic E-state index is -0.424. The van der Waals surface area contributed by atoms with Gasteiger partial charge in [-0.15, -0.1) is 0 Å². The van der Waals surface area contributed by atoms with E-state index in [9.17, 15) is 10.1 Å². The summed E-state index contributed by atoms with van der Waals surface area (Å²) in [5.74, 6) is 0. The molecule has 6 heteroatoms. The number of nitro groups is 1. The molecule has 0 aromatic heterocycles. The number of benzene rings is 2. The summed E-state index contributed by atoms with van der Waals surface area (Å²) < 4.78 is 0.594. The zero-order chi connectivity index (χ0) is 14.0. The smallest absolute Gasteiger partial charge is 0.276 e. The third kappa shape index (κ3) is 3.24. The number of nitrogens with two attached hydrogens (primary N) is 1. The van der Waals surface area contributed by atoms with E-state index in [1.165, 1.54) is 6.07 Å². The Hall–Kier alpha value is -1.59. The van der Waals surface area contributed by atoms with Crippen molar-refractivity contribution < 1.29 is 4.92 Å². The van der Waals surface area contributed by atoms with Crippen LogP contribution in [0.15, 0.2) is 40.9 Å². The van der Waals surface area contributed by atoms with Gasteiger partial charge in [0.05, 0.1) is 10.5 Å². The highest BCUT2D eigenvalue weighted by molar-refractivity contribution is 9.10. The number of hydrogen-bond acceptors (Lipinski definition) is 3. The van der Waals surface area contributed by atoms with Crippen LogP contribution >= 0.6 is 27.5 Å². The van der Waals surface area contributed by atoms with Crippen LogP contribution in [-0.4, -0.2) is 4.92 Å². The normalized spacial score (nSPS) is 10.4. The third-order valence-corrected chi connectivity index (χ3v) is 3.43. The summed E-state index contributed by atoms with van der Waals surface area (Å²) in [5.41, 5.74) is 7.72. The van der Waals surface area contributed by atoms with Crippen LogP contribution < -0.4 is 5.73 Å². The molecule has 2 rings (SSSR count). The van der Waals surface area contributed by atoms with Gasteiger partial charge in [0, 0.05) is 27.7 Å². The molecule has 0 heterocycles. The predicted molar refractivity (Wildman–Crippen MR) is 79.5 cm³/mol. The van der Waals surface area contributed by atoms with E-state index in [1.807, 2.05) is 12.1 Å². The Balaban J connectivity index is 2.44. The maximum atomic E-state index is 11.1. The molecule has 0 aliphatic rings. The first-order chi connectivity index (χ1) is 8.97. The SMILES string of the molecule is Nc1cc(Br)cc([N+](=O)[O-])c1Cc1ccc(Cl)cc1. The monoisotopic (exact) mass is 340 g/mol. The molecule has 0 unspecified atom stereocenters. The number of anilines is 1.